The molecule has 2 aliphatic rings. The molecular weight excluding hydrogens is 361 g/mol. The summed E-state index contributed by atoms with van der Waals surface area (Å²) in [5.74, 6) is -0.491. The molecule has 0 saturated carbocycles. The molecule has 0 aromatic heterocycles. The van der Waals surface area contributed by atoms with E-state index in [9.17, 15) is 19.4 Å². The normalized spacial score (nSPS) is 23.1. The first-order valence-electron chi connectivity index (χ1n) is 9.58. The molecule has 0 bridgehead atoms. The second-order valence-electron chi connectivity index (χ2n) is 7.51. The van der Waals surface area contributed by atoms with Crippen LogP contribution in [-0.2, 0) is 0 Å². The molecule has 2 aromatic rings. The number of likely N-dealkylation sites (tertiary alicyclic amines) is 1. The summed E-state index contributed by atoms with van der Waals surface area (Å²) in [7, 11) is 0. The number of hydrazine groups is 1. The van der Waals surface area contributed by atoms with Crippen LogP contribution in [0.2, 0.25) is 0 Å². The van der Waals surface area contributed by atoms with E-state index in [0.717, 1.165) is 24.9 Å². The fraction of sp³-hybridized carbons (Fsp3) is 0.381. The summed E-state index contributed by atoms with van der Waals surface area (Å²) < 4.78 is 13.6. The van der Waals surface area contributed by atoms with Crippen LogP contribution in [0.1, 0.15) is 34.7 Å². The number of piperidine rings is 1. The van der Waals surface area contributed by atoms with Crippen LogP contribution in [0.25, 0.3) is 0 Å². The van der Waals surface area contributed by atoms with Crippen molar-refractivity contribution in [2.45, 2.75) is 24.8 Å². The Hall–Kier alpha value is -2.64. The minimum Gasteiger partial charge on any atom is -0.507 e. The van der Waals surface area contributed by atoms with Crippen LogP contribution < -0.4 is 10.9 Å². The summed E-state index contributed by atoms with van der Waals surface area (Å²) >= 11 is 0. The lowest BCUT2D eigenvalue weighted by Gasteiger charge is -2.36. The topological polar surface area (TPSA) is 84.8 Å². The number of nitrogens with zero attached hydrogens (tertiary/aromatic N) is 1. The van der Waals surface area contributed by atoms with Gasteiger partial charge < -0.3 is 15.1 Å². The average molecular weight is 385 g/mol. The van der Waals surface area contributed by atoms with Crippen LogP contribution >= 0.6 is 0 Å². The molecule has 2 atom stereocenters. The number of aromatic hydroxyl groups is 2. The van der Waals surface area contributed by atoms with Crippen molar-refractivity contribution in [2.75, 3.05) is 19.6 Å². The maximum Gasteiger partial charge on any atom is 0.261 e. The van der Waals surface area contributed by atoms with E-state index in [-0.39, 0.29) is 40.7 Å². The predicted octanol–water partition coefficient (Wildman–Crippen LogP) is 2.35. The molecule has 2 aromatic carbocycles. The van der Waals surface area contributed by atoms with Gasteiger partial charge >= 0.3 is 0 Å². The van der Waals surface area contributed by atoms with Crippen molar-refractivity contribution < 1.29 is 19.4 Å². The van der Waals surface area contributed by atoms with Gasteiger partial charge in [-0.15, -0.1) is 0 Å². The Labute approximate surface area is 163 Å². The van der Waals surface area contributed by atoms with Crippen LogP contribution in [0.4, 0.5) is 4.39 Å². The molecule has 148 valence electrons. The molecule has 0 radical (unpaired) electrons. The Morgan fingerprint density at radius 1 is 1.07 bits per heavy atom. The zero-order valence-corrected chi connectivity index (χ0v) is 15.4. The lowest BCUT2D eigenvalue weighted by Crippen LogP contribution is -2.45. The van der Waals surface area contributed by atoms with Crippen molar-refractivity contribution in [1.82, 2.24) is 15.8 Å². The summed E-state index contributed by atoms with van der Waals surface area (Å²) in [6, 6.07) is 11.2. The molecule has 7 heteroatoms. The van der Waals surface area contributed by atoms with E-state index in [1.165, 1.54) is 24.3 Å². The fourth-order valence-corrected chi connectivity index (χ4v) is 4.39. The Kier molecular flexibility index (Phi) is 5.19. The van der Waals surface area contributed by atoms with Crippen molar-refractivity contribution in [3.05, 3.63) is 59.4 Å². The molecule has 6 nitrogen and oxygen atoms in total. The first-order chi connectivity index (χ1) is 13.5. The highest BCUT2D eigenvalue weighted by molar-refractivity contribution is 5.99. The van der Waals surface area contributed by atoms with Crippen molar-refractivity contribution in [3.8, 4) is 11.5 Å². The lowest BCUT2D eigenvalue weighted by molar-refractivity contribution is 0.0664. The van der Waals surface area contributed by atoms with Gasteiger partial charge in [0, 0.05) is 31.6 Å². The van der Waals surface area contributed by atoms with E-state index in [2.05, 4.69) is 10.9 Å². The number of phenols is 2. The van der Waals surface area contributed by atoms with E-state index in [1.54, 1.807) is 17.0 Å². The van der Waals surface area contributed by atoms with E-state index in [1.807, 2.05) is 6.07 Å². The van der Waals surface area contributed by atoms with E-state index >= 15 is 0 Å². The second kappa shape index (κ2) is 7.77. The Balaban J connectivity index is 1.43. The third-order valence-corrected chi connectivity index (χ3v) is 5.87. The van der Waals surface area contributed by atoms with Gasteiger partial charge in [-0.05, 0) is 48.6 Å². The smallest absolute Gasteiger partial charge is 0.261 e. The maximum atomic E-state index is 13.6. The molecule has 1 amide bonds. The first kappa shape index (κ1) is 18.7. The van der Waals surface area contributed by atoms with Gasteiger partial charge in [0.15, 0.2) is 0 Å². The highest BCUT2D eigenvalue weighted by Crippen LogP contribution is 2.34. The van der Waals surface area contributed by atoms with Gasteiger partial charge in [-0.25, -0.2) is 4.39 Å². The van der Waals surface area contributed by atoms with Crippen molar-refractivity contribution in [3.63, 3.8) is 0 Å². The zero-order chi connectivity index (χ0) is 19.7. The van der Waals surface area contributed by atoms with Crippen molar-refractivity contribution in [2.24, 2.45) is 5.92 Å². The predicted molar refractivity (Wildman–Crippen MR) is 102 cm³/mol. The average Bonchev–Trinajstić information content (AvgIpc) is 3.18. The number of carbonyl (C=O) groups excluding carboxylic acids is 1. The molecule has 4 N–H and O–H groups in total. The molecule has 2 fully saturated rings. The van der Waals surface area contributed by atoms with Gasteiger partial charge in [0.05, 0.1) is 0 Å². The summed E-state index contributed by atoms with van der Waals surface area (Å²) in [5.41, 5.74) is 7.46. The molecule has 28 heavy (non-hydrogen) atoms. The van der Waals surface area contributed by atoms with Crippen molar-refractivity contribution >= 4 is 5.91 Å². The third-order valence-electron chi connectivity index (χ3n) is 5.87. The van der Waals surface area contributed by atoms with Gasteiger partial charge in [-0.3, -0.25) is 15.6 Å². The zero-order valence-electron chi connectivity index (χ0n) is 15.4. The van der Waals surface area contributed by atoms with Crippen LogP contribution in [0.15, 0.2) is 42.5 Å². The number of carbonyl (C=O) groups is 1. The summed E-state index contributed by atoms with van der Waals surface area (Å²) in [5, 5.41) is 19.9. The number of phenolic OH excluding ortho intramolecular Hbond substituents is 2. The van der Waals surface area contributed by atoms with Crippen molar-refractivity contribution in [1.29, 1.82) is 0 Å². The molecular formula is C21H24FN3O3. The van der Waals surface area contributed by atoms with Crippen LogP contribution in [0.3, 0.4) is 0 Å². The van der Waals surface area contributed by atoms with E-state index < -0.39 is 0 Å². The van der Waals surface area contributed by atoms with E-state index in [0.29, 0.717) is 19.0 Å². The number of hydrogen-bond acceptors (Lipinski definition) is 5. The second-order valence-corrected chi connectivity index (χ2v) is 7.51. The maximum absolute atomic E-state index is 13.6. The number of amides is 1. The Morgan fingerprint density at radius 3 is 2.43 bits per heavy atom. The Bertz CT molecular complexity index is 847. The SMILES string of the molecule is O=C(c1c(O)cccc1O)N1CCC(C2NNCC2c2cccc(F)c2)CC1. The van der Waals surface area contributed by atoms with Gasteiger partial charge in [0.1, 0.15) is 22.9 Å². The third kappa shape index (κ3) is 3.55. The highest BCUT2D eigenvalue weighted by Gasteiger charge is 2.37. The number of nitrogens with one attached hydrogen (secondary N) is 2. The molecule has 0 spiro atoms. The van der Waals surface area contributed by atoms with E-state index in [4.69, 9.17) is 0 Å². The quantitative estimate of drug-likeness (QED) is 0.652. The molecule has 2 heterocycles. The first-order valence-corrected chi connectivity index (χ1v) is 9.58. The summed E-state index contributed by atoms with van der Waals surface area (Å²) in [6.07, 6.45) is 1.59. The van der Waals surface area contributed by atoms with Gasteiger partial charge in [-0.1, -0.05) is 18.2 Å². The van der Waals surface area contributed by atoms with Gasteiger partial charge in [0.25, 0.3) is 5.91 Å². The standard InChI is InChI=1S/C21H24FN3O3/c22-15-4-1-3-14(11-15)16-12-23-24-20(16)13-7-9-25(10-8-13)21(28)19-17(26)5-2-6-18(19)27/h1-6,11,13,16,20,23-24,26-27H,7-10,12H2. The molecule has 2 aliphatic heterocycles. The Morgan fingerprint density at radius 2 is 1.75 bits per heavy atom. The van der Waals surface area contributed by atoms with Gasteiger partial charge in [0.2, 0.25) is 0 Å². The van der Waals surface area contributed by atoms with Crippen LogP contribution in [-0.4, -0.2) is 46.7 Å². The minimum absolute atomic E-state index is 0.0424. The summed E-state index contributed by atoms with van der Waals surface area (Å²) in [4.78, 5) is 14.4. The molecule has 0 aliphatic carbocycles. The monoisotopic (exact) mass is 385 g/mol. The number of benzene rings is 2. The molecule has 2 unspecified atom stereocenters. The number of halogens is 1. The molecule has 4 rings (SSSR count). The number of hydrogen-bond donors (Lipinski definition) is 4. The highest BCUT2D eigenvalue weighted by atomic mass is 19.1. The molecule has 2 saturated heterocycles. The number of rotatable bonds is 3. The van der Waals surface area contributed by atoms with Crippen LogP contribution in [0, 0.1) is 11.7 Å². The lowest BCUT2D eigenvalue weighted by atomic mass is 9.80. The van der Waals surface area contributed by atoms with Gasteiger partial charge in [-0.2, -0.15) is 0 Å². The largest absolute Gasteiger partial charge is 0.507 e. The fourth-order valence-electron chi connectivity index (χ4n) is 4.39. The minimum atomic E-state index is -0.353. The van der Waals surface area contributed by atoms with Crippen LogP contribution in [0.5, 0.6) is 11.5 Å². The summed E-state index contributed by atoms with van der Waals surface area (Å²) in [6.45, 7) is 1.83.